The predicted molar refractivity (Wildman–Crippen MR) is 84.3 cm³/mol. The molecule has 0 fully saturated rings. The van der Waals surface area contributed by atoms with E-state index >= 15 is 0 Å². The average Bonchev–Trinajstić information content (AvgIpc) is 2.77. The minimum Gasteiger partial charge on any atom is -0.311 e. The summed E-state index contributed by atoms with van der Waals surface area (Å²) in [6, 6.07) is 3.36. The fourth-order valence-electron chi connectivity index (χ4n) is 1.86. The van der Waals surface area contributed by atoms with Crippen molar-refractivity contribution in [2.75, 3.05) is 5.32 Å². The second-order valence-electron chi connectivity index (χ2n) is 4.69. The van der Waals surface area contributed by atoms with Crippen molar-refractivity contribution in [2.45, 2.75) is 33.1 Å². The van der Waals surface area contributed by atoms with Crippen LogP contribution in [0.3, 0.4) is 0 Å². The van der Waals surface area contributed by atoms with E-state index in [1.54, 1.807) is 12.1 Å². The average molecular weight is 327 g/mol. The van der Waals surface area contributed by atoms with Crippen LogP contribution in [0.25, 0.3) is 5.82 Å². The van der Waals surface area contributed by atoms with E-state index in [2.05, 4.69) is 15.4 Å². The molecule has 0 aliphatic carbocycles. The summed E-state index contributed by atoms with van der Waals surface area (Å²) in [7, 11) is 0. The number of carbonyl (C=O) groups excluding carboxylic acids is 1. The van der Waals surface area contributed by atoms with Crippen LogP contribution in [0.4, 0.5) is 5.82 Å². The van der Waals surface area contributed by atoms with Gasteiger partial charge in [-0.3, -0.25) is 4.79 Å². The number of anilines is 1. The SMILES string of the molecule is CCCCC(=O)Nc1cc(C)nn1-c1ncc(Cl)cc1Cl. The number of hydrogen-bond donors (Lipinski definition) is 1. The summed E-state index contributed by atoms with van der Waals surface area (Å²) >= 11 is 12.0. The number of aryl methyl sites for hydroxylation is 1. The number of nitrogens with zero attached hydrogens (tertiary/aromatic N) is 3. The van der Waals surface area contributed by atoms with E-state index in [1.165, 1.54) is 10.9 Å². The summed E-state index contributed by atoms with van der Waals surface area (Å²) in [5.41, 5.74) is 0.758. The van der Waals surface area contributed by atoms with E-state index in [1.807, 2.05) is 13.8 Å². The number of rotatable bonds is 5. The number of nitrogens with one attached hydrogen (secondary N) is 1. The lowest BCUT2D eigenvalue weighted by atomic mass is 10.2. The summed E-state index contributed by atoms with van der Waals surface area (Å²) in [6.07, 6.45) is 3.78. The highest BCUT2D eigenvalue weighted by Gasteiger charge is 2.14. The van der Waals surface area contributed by atoms with Gasteiger partial charge in [0.2, 0.25) is 5.91 Å². The summed E-state index contributed by atoms with van der Waals surface area (Å²) < 4.78 is 1.51. The van der Waals surface area contributed by atoms with Crippen molar-refractivity contribution >= 4 is 34.9 Å². The van der Waals surface area contributed by atoms with Crippen LogP contribution in [0.15, 0.2) is 18.3 Å². The molecule has 2 rings (SSSR count). The van der Waals surface area contributed by atoms with Gasteiger partial charge in [0.1, 0.15) is 5.82 Å². The summed E-state index contributed by atoms with van der Waals surface area (Å²) in [5.74, 6) is 0.924. The lowest BCUT2D eigenvalue weighted by Gasteiger charge is -2.09. The normalized spacial score (nSPS) is 10.7. The molecule has 0 spiro atoms. The van der Waals surface area contributed by atoms with Gasteiger partial charge in [-0.1, -0.05) is 36.5 Å². The van der Waals surface area contributed by atoms with Crippen molar-refractivity contribution in [1.29, 1.82) is 0 Å². The lowest BCUT2D eigenvalue weighted by molar-refractivity contribution is -0.116. The minimum atomic E-state index is -0.0527. The zero-order valence-corrected chi connectivity index (χ0v) is 13.4. The molecule has 2 aromatic heterocycles. The number of aromatic nitrogens is 3. The molecule has 0 saturated heterocycles. The van der Waals surface area contributed by atoms with E-state index in [9.17, 15) is 4.79 Å². The standard InChI is InChI=1S/C14H16Cl2N4O/c1-3-4-5-13(21)18-12-6-9(2)19-20(12)14-11(16)7-10(15)8-17-14/h6-8H,3-5H2,1-2H3,(H,18,21). The van der Waals surface area contributed by atoms with Gasteiger partial charge in [-0.25, -0.2) is 4.98 Å². The quantitative estimate of drug-likeness (QED) is 0.902. The minimum absolute atomic E-state index is 0.0527. The van der Waals surface area contributed by atoms with Crippen molar-refractivity contribution < 1.29 is 4.79 Å². The molecule has 0 saturated carbocycles. The Hall–Kier alpha value is -1.59. The lowest BCUT2D eigenvalue weighted by Crippen LogP contribution is -2.15. The highest BCUT2D eigenvalue weighted by molar-refractivity contribution is 6.35. The van der Waals surface area contributed by atoms with Crippen LogP contribution in [0.5, 0.6) is 0 Å². The van der Waals surface area contributed by atoms with E-state index in [0.717, 1.165) is 18.5 Å². The second-order valence-corrected chi connectivity index (χ2v) is 5.54. The molecule has 5 nitrogen and oxygen atoms in total. The van der Waals surface area contributed by atoms with Gasteiger partial charge in [0, 0.05) is 18.7 Å². The molecule has 21 heavy (non-hydrogen) atoms. The highest BCUT2D eigenvalue weighted by atomic mass is 35.5. The molecule has 0 aliphatic rings. The van der Waals surface area contributed by atoms with Gasteiger partial charge >= 0.3 is 0 Å². The van der Waals surface area contributed by atoms with Crippen molar-refractivity contribution in [3.05, 3.63) is 34.1 Å². The number of unbranched alkanes of at least 4 members (excludes halogenated alkanes) is 1. The van der Waals surface area contributed by atoms with Gasteiger partial charge in [-0.2, -0.15) is 9.78 Å². The van der Waals surface area contributed by atoms with Crippen LogP contribution in [0.1, 0.15) is 31.9 Å². The van der Waals surface area contributed by atoms with E-state index in [-0.39, 0.29) is 5.91 Å². The number of hydrogen-bond acceptors (Lipinski definition) is 3. The van der Waals surface area contributed by atoms with Crippen LogP contribution < -0.4 is 5.32 Å². The molecule has 0 aliphatic heterocycles. The largest absolute Gasteiger partial charge is 0.311 e. The Kier molecular flexibility index (Phi) is 5.20. The van der Waals surface area contributed by atoms with Crippen molar-refractivity contribution in [1.82, 2.24) is 14.8 Å². The third-order valence-corrected chi connectivity index (χ3v) is 3.33. The maximum absolute atomic E-state index is 11.9. The number of halogens is 2. The molecule has 2 heterocycles. The fourth-order valence-corrected chi connectivity index (χ4v) is 2.32. The summed E-state index contributed by atoms with van der Waals surface area (Å²) in [4.78, 5) is 16.1. The first kappa shape index (κ1) is 15.8. The van der Waals surface area contributed by atoms with E-state index in [0.29, 0.717) is 28.1 Å². The smallest absolute Gasteiger partial charge is 0.225 e. The van der Waals surface area contributed by atoms with Gasteiger partial charge in [0.15, 0.2) is 5.82 Å². The Balaban J connectivity index is 2.30. The molecule has 0 aromatic carbocycles. The van der Waals surface area contributed by atoms with Crippen molar-refractivity contribution in [3.8, 4) is 5.82 Å². The van der Waals surface area contributed by atoms with Gasteiger partial charge in [0.25, 0.3) is 0 Å². The highest BCUT2D eigenvalue weighted by Crippen LogP contribution is 2.25. The van der Waals surface area contributed by atoms with Gasteiger partial charge in [0.05, 0.1) is 15.7 Å². The topological polar surface area (TPSA) is 59.8 Å². The van der Waals surface area contributed by atoms with Crippen LogP contribution in [0.2, 0.25) is 10.0 Å². The monoisotopic (exact) mass is 326 g/mol. The van der Waals surface area contributed by atoms with Crippen LogP contribution in [-0.4, -0.2) is 20.7 Å². The fraction of sp³-hybridized carbons (Fsp3) is 0.357. The van der Waals surface area contributed by atoms with Crippen molar-refractivity contribution in [3.63, 3.8) is 0 Å². The van der Waals surface area contributed by atoms with Crippen molar-refractivity contribution in [2.24, 2.45) is 0 Å². The molecule has 1 amide bonds. The number of amides is 1. The molecule has 0 bridgehead atoms. The van der Waals surface area contributed by atoms with E-state index < -0.39 is 0 Å². The Morgan fingerprint density at radius 3 is 2.81 bits per heavy atom. The van der Waals surface area contributed by atoms with Crippen LogP contribution in [0, 0.1) is 6.92 Å². The first-order chi connectivity index (χ1) is 10.0. The molecule has 0 unspecified atom stereocenters. The molecule has 1 N–H and O–H groups in total. The van der Waals surface area contributed by atoms with Gasteiger partial charge in [-0.05, 0) is 19.4 Å². The molecule has 0 atom stereocenters. The maximum atomic E-state index is 11.9. The van der Waals surface area contributed by atoms with Crippen LogP contribution >= 0.6 is 23.2 Å². The number of carbonyl (C=O) groups is 1. The summed E-state index contributed by atoms with van der Waals surface area (Å²) in [5, 5.41) is 7.97. The molecular formula is C14H16Cl2N4O. The van der Waals surface area contributed by atoms with Crippen LogP contribution in [-0.2, 0) is 4.79 Å². The van der Waals surface area contributed by atoms with E-state index in [4.69, 9.17) is 23.2 Å². The molecule has 0 radical (unpaired) electrons. The molecular weight excluding hydrogens is 311 g/mol. The Morgan fingerprint density at radius 1 is 1.38 bits per heavy atom. The zero-order chi connectivity index (χ0) is 15.4. The Morgan fingerprint density at radius 2 is 2.14 bits per heavy atom. The summed E-state index contributed by atoms with van der Waals surface area (Å²) in [6.45, 7) is 3.88. The Bertz CT molecular complexity index is 654. The zero-order valence-electron chi connectivity index (χ0n) is 11.9. The second kappa shape index (κ2) is 6.91. The molecule has 112 valence electrons. The Labute approximate surface area is 133 Å². The van der Waals surface area contributed by atoms with Gasteiger partial charge < -0.3 is 5.32 Å². The molecule has 2 aromatic rings. The number of pyridine rings is 1. The first-order valence-electron chi connectivity index (χ1n) is 6.69. The molecule has 7 heteroatoms. The maximum Gasteiger partial charge on any atom is 0.225 e. The van der Waals surface area contributed by atoms with Gasteiger partial charge in [-0.15, -0.1) is 0 Å². The predicted octanol–water partition coefficient (Wildman–Crippen LogP) is 4.01. The third kappa shape index (κ3) is 3.95. The third-order valence-electron chi connectivity index (χ3n) is 2.85. The first-order valence-corrected chi connectivity index (χ1v) is 7.44.